The molecule has 19 heavy (non-hydrogen) atoms. The second kappa shape index (κ2) is 5.09. The number of aryl methyl sites for hydroxylation is 1. The summed E-state index contributed by atoms with van der Waals surface area (Å²) in [6.07, 6.45) is 1.48. The largest absolute Gasteiger partial charge is 0.478 e. The quantitative estimate of drug-likeness (QED) is 0.717. The van der Waals surface area contributed by atoms with Gasteiger partial charge in [-0.15, -0.1) is 0 Å². The highest BCUT2D eigenvalue weighted by Crippen LogP contribution is 2.30. The fourth-order valence-electron chi connectivity index (χ4n) is 2.52. The lowest BCUT2D eigenvalue weighted by molar-refractivity contribution is 0.0465. The normalized spacial score (nSPS) is 21.8. The van der Waals surface area contributed by atoms with Crippen LogP contribution in [0.1, 0.15) is 28.8 Å². The molecule has 0 radical (unpaired) electrons. The fourth-order valence-corrected chi connectivity index (χ4v) is 2.52. The van der Waals surface area contributed by atoms with Crippen molar-refractivity contribution < 1.29 is 15.0 Å². The first-order chi connectivity index (χ1) is 8.88. The third-order valence-corrected chi connectivity index (χ3v) is 3.79. The van der Waals surface area contributed by atoms with Crippen LogP contribution >= 0.6 is 0 Å². The van der Waals surface area contributed by atoms with Gasteiger partial charge in [0, 0.05) is 25.0 Å². The molecular formula is C14H20N2O3. The molecule has 0 aliphatic heterocycles. The molecule has 1 aromatic carbocycles. The smallest absolute Gasteiger partial charge is 0.337 e. The van der Waals surface area contributed by atoms with Gasteiger partial charge in [-0.05, 0) is 43.4 Å². The van der Waals surface area contributed by atoms with Crippen molar-refractivity contribution in [3.8, 4) is 0 Å². The number of carboxylic acids is 1. The molecule has 0 aromatic heterocycles. The minimum absolute atomic E-state index is 0.149. The van der Waals surface area contributed by atoms with Crippen molar-refractivity contribution in [1.29, 1.82) is 0 Å². The molecule has 1 aromatic rings. The van der Waals surface area contributed by atoms with Crippen molar-refractivity contribution >= 4 is 17.3 Å². The molecule has 1 fully saturated rings. The van der Waals surface area contributed by atoms with E-state index >= 15 is 0 Å². The first-order valence-electron chi connectivity index (χ1n) is 6.41. The van der Waals surface area contributed by atoms with E-state index in [4.69, 9.17) is 10.8 Å². The summed E-state index contributed by atoms with van der Waals surface area (Å²) in [6.45, 7) is 2.63. The van der Waals surface area contributed by atoms with Gasteiger partial charge in [-0.1, -0.05) is 0 Å². The standard InChI is InChI=1S/C14H20N2O3/c1-8-3-10(6-12(13(8)15)14(18)19)16(2)7-9-4-11(17)5-9/h3,6,9,11,17H,4-5,7,15H2,1-2H3,(H,18,19). The van der Waals surface area contributed by atoms with Gasteiger partial charge in [0.1, 0.15) is 0 Å². The number of aliphatic hydroxyl groups is 1. The van der Waals surface area contributed by atoms with E-state index in [1.807, 2.05) is 24.9 Å². The molecule has 5 nitrogen and oxygen atoms in total. The Morgan fingerprint density at radius 2 is 2.11 bits per heavy atom. The number of rotatable bonds is 4. The zero-order valence-electron chi connectivity index (χ0n) is 11.3. The zero-order chi connectivity index (χ0) is 14.2. The van der Waals surface area contributed by atoms with Gasteiger partial charge in [-0.3, -0.25) is 0 Å². The lowest BCUT2D eigenvalue weighted by atomic mass is 9.82. The Morgan fingerprint density at radius 1 is 1.47 bits per heavy atom. The Bertz CT molecular complexity index is 496. The van der Waals surface area contributed by atoms with Crippen molar-refractivity contribution in [3.05, 3.63) is 23.3 Å². The van der Waals surface area contributed by atoms with E-state index in [0.29, 0.717) is 11.6 Å². The number of aromatic carboxylic acids is 1. The van der Waals surface area contributed by atoms with Crippen molar-refractivity contribution in [3.63, 3.8) is 0 Å². The first-order valence-corrected chi connectivity index (χ1v) is 6.41. The molecule has 0 saturated heterocycles. The van der Waals surface area contributed by atoms with Crippen molar-refractivity contribution in [2.75, 3.05) is 24.2 Å². The Hall–Kier alpha value is -1.75. The molecule has 1 aliphatic rings. The van der Waals surface area contributed by atoms with E-state index < -0.39 is 5.97 Å². The summed E-state index contributed by atoms with van der Waals surface area (Å²) in [5.74, 6) is -0.527. The maximum Gasteiger partial charge on any atom is 0.337 e. The summed E-state index contributed by atoms with van der Waals surface area (Å²) in [5.41, 5.74) is 7.87. The molecule has 5 heteroatoms. The highest BCUT2D eigenvalue weighted by molar-refractivity contribution is 5.95. The molecule has 104 valence electrons. The number of anilines is 2. The molecule has 4 N–H and O–H groups in total. The third kappa shape index (κ3) is 2.81. The van der Waals surface area contributed by atoms with Crippen molar-refractivity contribution in [2.24, 2.45) is 5.92 Å². The second-order valence-corrected chi connectivity index (χ2v) is 5.40. The average molecular weight is 264 g/mol. The molecule has 1 aliphatic carbocycles. The van der Waals surface area contributed by atoms with Gasteiger partial charge in [-0.2, -0.15) is 0 Å². The van der Waals surface area contributed by atoms with Crippen molar-refractivity contribution in [1.82, 2.24) is 0 Å². The van der Waals surface area contributed by atoms with Crippen LogP contribution in [0.25, 0.3) is 0 Å². The van der Waals surface area contributed by atoms with Crippen LogP contribution in [-0.2, 0) is 0 Å². The van der Waals surface area contributed by atoms with Crippen molar-refractivity contribution in [2.45, 2.75) is 25.9 Å². The molecule has 0 atom stereocenters. The summed E-state index contributed by atoms with van der Waals surface area (Å²) in [7, 11) is 1.93. The maximum atomic E-state index is 11.1. The Labute approximate surface area is 112 Å². The topological polar surface area (TPSA) is 86.8 Å². The molecule has 1 saturated carbocycles. The van der Waals surface area contributed by atoms with E-state index in [1.165, 1.54) is 0 Å². The predicted molar refractivity (Wildman–Crippen MR) is 74.6 cm³/mol. The summed E-state index contributed by atoms with van der Waals surface area (Å²) in [6, 6.07) is 3.51. The van der Waals surface area contributed by atoms with Gasteiger partial charge in [0.05, 0.1) is 11.7 Å². The molecule has 0 unspecified atom stereocenters. The highest BCUT2D eigenvalue weighted by atomic mass is 16.4. The minimum atomic E-state index is -1.00. The number of carboxylic acid groups (broad SMARTS) is 1. The van der Waals surface area contributed by atoms with Crippen LogP contribution in [0, 0.1) is 12.8 Å². The van der Waals surface area contributed by atoms with Gasteiger partial charge < -0.3 is 20.8 Å². The number of hydrogen-bond donors (Lipinski definition) is 3. The van der Waals surface area contributed by atoms with Crippen LogP contribution in [-0.4, -0.2) is 35.9 Å². The van der Waals surface area contributed by atoms with E-state index in [2.05, 4.69) is 0 Å². The molecule has 0 heterocycles. The van der Waals surface area contributed by atoms with E-state index in [0.717, 1.165) is 30.6 Å². The number of nitrogen functional groups attached to an aromatic ring is 1. The average Bonchev–Trinajstić information content (AvgIpc) is 2.29. The third-order valence-electron chi connectivity index (χ3n) is 3.79. The molecule has 0 spiro atoms. The number of carbonyl (C=O) groups is 1. The Balaban J connectivity index is 2.17. The maximum absolute atomic E-state index is 11.1. The van der Waals surface area contributed by atoms with Gasteiger partial charge in [0.15, 0.2) is 0 Å². The van der Waals surface area contributed by atoms with Gasteiger partial charge >= 0.3 is 5.97 Å². The molecule has 0 bridgehead atoms. The monoisotopic (exact) mass is 264 g/mol. The molecule has 2 rings (SSSR count). The Morgan fingerprint density at radius 3 is 2.63 bits per heavy atom. The predicted octanol–water partition coefficient (Wildman–Crippen LogP) is 1.48. The minimum Gasteiger partial charge on any atom is -0.478 e. The van der Waals surface area contributed by atoms with Crippen LogP contribution in [0.3, 0.4) is 0 Å². The number of benzene rings is 1. The lowest BCUT2D eigenvalue weighted by Gasteiger charge is -2.35. The fraction of sp³-hybridized carbons (Fsp3) is 0.500. The molecular weight excluding hydrogens is 244 g/mol. The summed E-state index contributed by atoms with van der Waals surface area (Å²) in [5, 5.41) is 18.4. The molecule has 0 amide bonds. The van der Waals surface area contributed by atoms with E-state index in [9.17, 15) is 9.90 Å². The van der Waals surface area contributed by atoms with E-state index in [1.54, 1.807) is 6.07 Å². The van der Waals surface area contributed by atoms with Crippen LogP contribution in [0.4, 0.5) is 11.4 Å². The number of hydrogen-bond acceptors (Lipinski definition) is 4. The van der Waals surface area contributed by atoms with Gasteiger partial charge in [0.2, 0.25) is 0 Å². The highest BCUT2D eigenvalue weighted by Gasteiger charge is 2.28. The van der Waals surface area contributed by atoms with Crippen LogP contribution < -0.4 is 10.6 Å². The summed E-state index contributed by atoms with van der Waals surface area (Å²) < 4.78 is 0. The van der Waals surface area contributed by atoms with Crippen LogP contribution in [0.5, 0.6) is 0 Å². The Kier molecular flexibility index (Phi) is 3.66. The van der Waals surface area contributed by atoms with Crippen LogP contribution in [0.15, 0.2) is 12.1 Å². The zero-order valence-corrected chi connectivity index (χ0v) is 11.3. The summed E-state index contributed by atoms with van der Waals surface area (Å²) in [4.78, 5) is 13.2. The number of nitrogens with two attached hydrogens (primary N) is 1. The van der Waals surface area contributed by atoms with Gasteiger partial charge in [-0.25, -0.2) is 4.79 Å². The second-order valence-electron chi connectivity index (χ2n) is 5.40. The van der Waals surface area contributed by atoms with Crippen LogP contribution in [0.2, 0.25) is 0 Å². The lowest BCUT2D eigenvalue weighted by Crippen LogP contribution is -2.37. The number of nitrogens with zero attached hydrogens (tertiary/aromatic N) is 1. The SMILES string of the molecule is Cc1cc(N(C)CC2CC(O)C2)cc(C(=O)O)c1N. The summed E-state index contributed by atoms with van der Waals surface area (Å²) >= 11 is 0. The first kappa shape index (κ1) is 13.7. The number of aliphatic hydroxyl groups excluding tert-OH is 1. The van der Waals surface area contributed by atoms with Gasteiger partial charge in [0.25, 0.3) is 0 Å². The van der Waals surface area contributed by atoms with E-state index in [-0.39, 0.29) is 11.7 Å².